The zero-order valence-corrected chi connectivity index (χ0v) is 18.0. The van der Waals surface area contributed by atoms with Crippen molar-refractivity contribution in [2.75, 3.05) is 0 Å². The van der Waals surface area contributed by atoms with E-state index in [4.69, 9.17) is 5.11 Å². The molecule has 0 aliphatic carbocycles. The number of aromatic carboxylic acids is 1. The first kappa shape index (κ1) is 21.8. The van der Waals surface area contributed by atoms with E-state index < -0.39 is 17.2 Å². The summed E-state index contributed by atoms with van der Waals surface area (Å²) >= 11 is 0. The molecule has 0 radical (unpaired) electrons. The molecule has 0 aliphatic rings. The summed E-state index contributed by atoms with van der Waals surface area (Å²) in [6, 6.07) is 17.5. The van der Waals surface area contributed by atoms with Gasteiger partial charge in [-0.05, 0) is 42.2 Å². The lowest BCUT2D eigenvalue weighted by Crippen LogP contribution is -2.40. The van der Waals surface area contributed by atoms with Crippen molar-refractivity contribution in [1.82, 2.24) is 14.1 Å². The second-order valence-corrected chi connectivity index (χ2v) is 7.47. The molecule has 0 amide bonds. The standard InChI is InChI=1S/C26H21N3O4/c1-2-28-23-16-27-21(10-6-9-18-7-4-3-5-8-18)15-22(23)24(30)29(26(28)33)17-19-11-13-20(14-12-19)25(31)32/h3-5,7-8,11-16H,2,9,17H2,1H3,(H,31,32). The molecule has 0 bridgehead atoms. The third kappa shape index (κ3) is 4.60. The highest BCUT2D eigenvalue weighted by Crippen LogP contribution is 2.10. The lowest BCUT2D eigenvalue weighted by atomic mass is 10.1. The molecule has 33 heavy (non-hydrogen) atoms. The molecule has 7 nitrogen and oxygen atoms in total. The molecule has 0 saturated carbocycles. The smallest absolute Gasteiger partial charge is 0.335 e. The number of pyridine rings is 1. The minimum absolute atomic E-state index is 0.0326. The molecule has 0 atom stereocenters. The Morgan fingerprint density at radius 2 is 1.73 bits per heavy atom. The predicted molar refractivity (Wildman–Crippen MR) is 125 cm³/mol. The summed E-state index contributed by atoms with van der Waals surface area (Å²) in [5, 5.41) is 9.43. The summed E-state index contributed by atoms with van der Waals surface area (Å²) in [6.45, 7) is 2.23. The highest BCUT2D eigenvalue weighted by molar-refractivity contribution is 5.87. The van der Waals surface area contributed by atoms with Crippen LogP contribution in [0.15, 0.2) is 76.4 Å². The van der Waals surface area contributed by atoms with Crippen molar-refractivity contribution in [3.05, 3.63) is 110 Å². The molecular weight excluding hydrogens is 418 g/mol. The van der Waals surface area contributed by atoms with E-state index in [9.17, 15) is 14.4 Å². The van der Waals surface area contributed by atoms with Crippen molar-refractivity contribution in [1.29, 1.82) is 0 Å². The van der Waals surface area contributed by atoms with Crippen molar-refractivity contribution in [2.24, 2.45) is 0 Å². The van der Waals surface area contributed by atoms with Gasteiger partial charge in [0.1, 0.15) is 5.69 Å². The van der Waals surface area contributed by atoms with E-state index >= 15 is 0 Å². The van der Waals surface area contributed by atoms with Gasteiger partial charge >= 0.3 is 11.7 Å². The fraction of sp³-hybridized carbons (Fsp3) is 0.154. The van der Waals surface area contributed by atoms with Crippen LogP contribution in [0.5, 0.6) is 0 Å². The molecule has 4 aromatic rings. The number of nitrogens with zero attached hydrogens (tertiary/aromatic N) is 3. The van der Waals surface area contributed by atoms with Crippen molar-refractivity contribution >= 4 is 16.9 Å². The van der Waals surface area contributed by atoms with Crippen LogP contribution < -0.4 is 11.2 Å². The molecule has 0 fully saturated rings. The number of rotatable bonds is 5. The van der Waals surface area contributed by atoms with Crippen LogP contribution >= 0.6 is 0 Å². The molecular formula is C26H21N3O4. The number of carboxylic acids is 1. The number of aromatic nitrogens is 3. The van der Waals surface area contributed by atoms with Gasteiger partial charge in [-0.1, -0.05) is 48.4 Å². The number of carboxylic acid groups (broad SMARTS) is 1. The van der Waals surface area contributed by atoms with Crippen LogP contribution in [0.4, 0.5) is 0 Å². The summed E-state index contributed by atoms with van der Waals surface area (Å²) in [7, 11) is 0. The zero-order valence-electron chi connectivity index (χ0n) is 18.0. The third-order valence-electron chi connectivity index (χ3n) is 5.32. The molecule has 4 rings (SSSR count). The van der Waals surface area contributed by atoms with Crippen LogP contribution in [0.2, 0.25) is 0 Å². The number of carbonyl (C=O) groups is 1. The number of fused-ring (bicyclic) bond motifs is 1. The molecule has 0 aliphatic heterocycles. The van der Waals surface area contributed by atoms with Gasteiger partial charge in [0.15, 0.2) is 0 Å². The van der Waals surface area contributed by atoms with Crippen molar-refractivity contribution in [3.8, 4) is 11.8 Å². The largest absolute Gasteiger partial charge is 0.478 e. The Morgan fingerprint density at radius 3 is 2.39 bits per heavy atom. The van der Waals surface area contributed by atoms with Crippen LogP contribution in [0.3, 0.4) is 0 Å². The normalized spacial score (nSPS) is 10.6. The minimum Gasteiger partial charge on any atom is -0.478 e. The van der Waals surface area contributed by atoms with Gasteiger partial charge in [-0.25, -0.2) is 14.6 Å². The summed E-state index contributed by atoms with van der Waals surface area (Å²) < 4.78 is 2.65. The summed E-state index contributed by atoms with van der Waals surface area (Å²) in [5.74, 6) is 5.04. The molecule has 7 heteroatoms. The van der Waals surface area contributed by atoms with E-state index in [0.717, 1.165) is 10.1 Å². The number of hydrogen-bond donors (Lipinski definition) is 1. The maximum Gasteiger partial charge on any atom is 0.335 e. The van der Waals surface area contributed by atoms with E-state index in [1.807, 2.05) is 37.3 Å². The lowest BCUT2D eigenvalue weighted by molar-refractivity contribution is 0.0697. The third-order valence-corrected chi connectivity index (χ3v) is 5.32. The van der Waals surface area contributed by atoms with E-state index in [2.05, 4.69) is 16.8 Å². The van der Waals surface area contributed by atoms with Gasteiger partial charge in [-0.2, -0.15) is 0 Å². The Labute approximate surface area is 189 Å². The van der Waals surface area contributed by atoms with Gasteiger partial charge in [0.25, 0.3) is 5.56 Å². The summed E-state index contributed by atoms with van der Waals surface area (Å²) in [5.41, 5.74) is 1.91. The van der Waals surface area contributed by atoms with E-state index in [1.165, 1.54) is 22.9 Å². The molecule has 2 aromatic heterocycles. The van der Waals surface area contributed by atoms with Crippen molar-refractivity contribution in [3.63, 3.8) is 0 Å². The SMILES string of the molecule is CCn1c(=O)n(Cc2ccc(C(=O)O)cc2)c(=O)c2cc(C#CCc3ccccc3)ncc21. The summed E-state index contributed by atoms with van der Waals surface area (Å²) in [4.78, 5) is 41.6. The second kappa shape index (κ2) is 9.37. The molecule has 0 spiro atoms. The van der Waals surface area contributed by atoms with Crippen LogP contribution in [0.25, 0.3) is 10.9 Å². The van der Waals surface area contributed by atoms with Crippen LogP contribution in [0.1, 0.15) is 34.1 Å². The quantitative estimate of drug-likeness (QED) is 0.483. The van der Waals surface area contributed by atoms with Gasteiger partial charge < -0.3 is 5.11 Å². The molecule has 0 saturated heterocycles. The van der Waals surface area contributed by atoms with Crippen LogP contribution in [0, 0.1) is 11.8 Å². The Balaban J connectivity index is 1.74. The van der Waals surface area contributed by atoms with Gasteiger partial charge in [-0.3, -0.25) is 13.9 Å². The summed E-state index contributed by atoms with van der Waals surface area (Å²) in [6.07, 6.45) is 2.08. The Morgan fingerprint density at radius 1 is 1.00 bits per heavy atom. The molecule has 2 heterocycles. The topological polar surface area (TPSA) is 94.2 Å². The fourth-order valence-electron chi connectivity index (χ4n) is 3.60. The predicted octanol–water partition coefficient (Wildman–Crippen LogP) is 2.92. The maximum atomic E-state index is 13.2. The zero-order chi connectivity index (χ0) is 23.4. The molecule has 2 aromatic carbocycles. The monoisotopic (exact) mass is 439 g/mol. The Kier molecular flexibility index (Phi) is 6.18. The first-order chi connectivity index (χ1) is 16.0. The Bertz CT molecular complexity index is 1510. The van der Waals surface area contributed by atoms with Crippen molar-refractivity contribution in [2.45, 2.75) is 26.4 Å². The first-order valence-corrected chi connectivity index (χ1v) is 10.5. The number of benzene rings is 2. The van der Waals surface area contributed by atoms with Crippen LogP contribution in [-0.2, 0) is 19.5 Å². The molecule has 164 valence electrons. The molecule has 0 unspecified atom stereocenters. The fourth-order valence-corrected chi connectivity index (χ4v) is 3.60. The van der Waals surface area contributed by atoms with E-state index in [1.54, 1.807) is 18.2 Å². The Hall–Kier alpha value is -4.44. The first-order valence-electron chi connectivity index (χ1n) is 10.5. The van der Waals surface area contributed by atoms with Gasteiger partial charge in [0, 0.05) is 13.0 Å². The average Bonchev–Trinajstić information content (AvgIpc) is 2.83. The van der Waals surface area contributed by atoms with Crippen molar-refractivity contribution < 1.29 is 9.90 Å². The van der Waals surface area contributed by atoms with Gasteiger partial charge in [0.2, 0.25) is 0 Å². The highest BCUT2D eigenvalue weighted by atomic mass is 16.4. The van der Waals surface area contributed by atoms with Gasteiger partial charge in [-0.15, -0.1) is 0 Å². The van der Waals surface area contributed by atoms with E-state index in [0.29, 0.717) is 35.1 Å². The highest BCUT2D eigenvalue weighted by Gasteiger charge is 2.14. The lowest BCUT2D eigenvalue weighted by Gasteiger charge is -2.13. The number of aryl methyl sites for hydroxylation is 1. The minimum atomic E-state index is -1.04. The molecule has 1 N–H and O–H groups in total. The average molecular weight is 439 g/mol. The maximum absolute atomic E-state index is 13.2. The number of hydrogen-bond acceptors (Lipinski definition) is 4. The van der Waals surface area contributed by atoms with Gasteiger partial charge in [0.05, 0.1) is 29.2 Å². The van der Waals surface area contributed by atoms with Crippen LogP contribution in [-0.4, -0.2) is 25.2 Å². The van der Waals surface area contributed by atoms with E-state index in [-0.39, 0.29) is 12.1 Å². The second-order valence-electron chi connectivity index (χ2n) is 7.47.